The Morgan fingerprint density at radius 3 is 2.24 bits per heavy atom. The molecule has 0 spiro atoms. The Balaban J connectivity index is 1.66. The Morgan fingerprint density at radius 2 is 1.55 bits per heavy atom. The molecule has 0 aliphatic heterocycles. The summed E-state index contributed by atoms with van der Waals surface area (Å²) in [4.78, 5) is 12.5. The van der Waals surface area contributed by atoms with E-state index in [4.69, 9.17) is 0 Å². The van der Waals surface area contributed by atoms with Crippen LogP contribution >= 0.6 is 0 Å². The van der Waals surface area contributed by atoms with Gasteiger partial charge in [0.1, 0.15) is 5.78 Å². The van der Waals surface area contributed by atoms with Gasteiger partial charge in [-0.15, -0.1) is 0 Å². The van der Waals surface area contributed by atoms with Gasteiger partial charge in [-0.05, 0) is 64.0 Å². The Labute approximate surface area is 178 Å². The summed E-state index contributed by atoms with van der Waals surface area (Å²) in [6, 6.07) is 8.52. The summed E-state index contributed by atoms with van der Waals surface area (Å²) in [7, 11) is -2.98. The van der Waals surface area contributed by atoms with Crippen molar-refractivity contribution >= 4 is 15.6 Å². The van der Waals surface area contributed by atoms with Gasteiger partial charge in [-0.3, -0.25) is 4.79 Å². The van der Waals surface area contributed by atoms with E-state index in [0.29, 0.717) is 18.0 Å². The highest BCUT2D eigenvalue weighted by atomic mass is 32.2. The summed E-state index contributed by atoms with van der Waals surface area (Å²) in [6.07, 6.45) is 12.5. The van der Waals surface area contributed by atoms with Crippen LogP contribution in [0.15, 0.2) is 24.3 Å². The largest absolute Gasteiger partial charge is 0.299 e. The molecule has 2 rings (SSSR count). The minimum atomic E-state index is -2.98. The molecule has 1 saturated carbocycles. The van der Waals surface area contributed by atoms with E-state index in [9.17, 15) is 13.2 Å². The number of aryl methyl sites for hydroxylation is 1. The summed E-state index contributed by atoms with van der Waals surface area (Å²) >= 11 is 0. The van der Waals surface area contributed by atoms with Gasteiger partial charge in [-0.25, -0.2) is 8.42 Å². The van der Waals surface area contributed by atoms with E-state index in [1.165, 1.54) is 24.8 Å². The fourth-order valence-electron chi connectivity index (χ4n) is 4.12. The zero-order valence-corrected chi connectivity index (χ0v) is 19.5. The van der Waals surface area contributed by atoms with Crippen molar-refractivity contribution in [2.45, 2.75) is 103 Å². The predicted octanol–water partition coefficient (Wildman–Crippen LogP) is 6.08. The molecule has 0 saturated heterocycles. The second-order valence-electron chi connectivity index (χ2n) is 9.75. The lowest BCUT2D eigenvalue weighted by Gasteiger charge is -2.20. The third-order valence-corrected chi connectivity index (χ3v) is 8.93. The Hall–Kier alpha value is -1.16. The highest BCUT2D eigenvalue weighted by Gasteiger charge is 2.27. The van der Waals surface area contributed by atoms with Gasteiger partial charge in [-0.1, -0.05) is 62.8 Å². The lowest BCUT2D eigenvalue weighted by molar-refractivity contribution is -0.123. The number of Topliss-reactive ketones (excluding diaryl/α,β-unsaturated/α-hetero) is 1. The molecule has 0 heterocycles. The number of sulfone groups is 1. The van der Waals surface area contributed by atoms with Crippen LogP contribution in [-0.4, -0.2) is 24.7 Å². The SMILES string of the molecule is CC(C)(C)S(=O)(=O)CCCCCCCc1cccc(CC(=O)C2CCCCC2)c1. The molecule has 1 aliphatic rings. The molecule has 0 atom stereocenters. The predicted molar refractivity (Wildman–Crippen MR) is 122 cm³/mol. The minimum Gasteiger partial charge on any atom is -0.299 e. The third-order valence-electron chi connectivity index (χ3n) is 6.24. The number of ketones is 1. The molecule has 1 aliphatic carbocycles. The number of rotatable bonds is 11. The van der Waals surface area contributed by atoms with E-state index in [0.717, 1.165) is 56.9 Å². The van der Waals surface area contributed by atoms with Crippen LogP contribution in [-0.2, 0) is 27.5 Å². The highest BCUT2D eigenvalue weighted by molar-refractivity contribution is 7.92. The first-order chi connectivity index (χ1) is 13.7. The molecule has 4 heteroatoms. The minimum absolute atomic E-state index is 0.287. The number of carbonyl (C=O) groups is 1. The monoisotopic (exact) mass is 420 g/mol. The summed E-state index contributed by atoms with van der Waals surface area (Å²) in [5.41, 5.74) is 2.47. The van der Waals surface area contributed by atoms with Crippen LogP contribution in [0.5, 0.6) is 0 Å². The van der Waals surface area contributed by atoms with Crippen molar-refractivity contribution < 1.29 is 13.2 Å². The maximum atomic E-state index is 12.5. The lowest BCUT2D eigenvalue weighted by atomic mass is 9.84. The molecule has 0 aromatic heterocycles. The first kappa shape index (κ1) is 24.1. The van der Waals surface area contributed by atoms with Crippen LogP contribution in [0.1, 0.15) is 96.1 Å². The average molecular weight is 421 g/mol. The number of hydrogen-bond acceptors (Lipinski definition) is 3. The summed E-state index contributed by atoms with van der Waals surface area (Å²) in [5, 5.41) is 0. The topological polar surface area (TPSA) is 51.2 Å². The van der Waals surface area contributed by atoms with Crippen LogP contribution in [0.3, 0.4) is 0 Å². The summed E-state index contributed by atoms with van der Waals surface area (Å²) in [6.45, 7) is 5.33. The molecule has 0 unspecified atom stereocenters. The van der Waals surface area contributed by atoms with E-state index in [2.05, 4.69) is 24.3 Å². The van der Waals surface area contributed by atoms with E-state index >= 15 is 0 Å². The molecule has 1 aromatic carbocycles. The van der Waals surface area contributed by atoms with Gasteiger partial charge in [0.25, 0.3) is 0 Å². The number of hydrogen-bond donors (Lipinski definition) is 0. The molecule has 164 valence electrons. The second kappa shape index (κ2) is 11.3. The molecule has 1 fully saturated rings. The molecular weight excluding hydrogens is 380 g/mol. The van der Waals surface area contributed by atoms with Gasteiger partial charge in [0.05, 0.1) is 10.5 Å². The number of unbranched alkanes of at least 4 members (excludes halogenated alkanes) is 4. The standard InChI is InChI=1S/C25H40O3S/c1-25(2,3)29(27,28)18-11-6-4-5-8-13-21-14-12-15-22(19-21)20-24(26)23-16-9-7-10-17-23/h12,14-15,19,23H,4-11,13,16-18,20H2,1-3H3. The molecule has 0 amide bonds. The first-order valence-electron chi connectivity index (χ1n) is 11.5. The molecule has 0 bridgehead atoms. The van der Waals surface area contributed by atoms with Crippen molar-refractivity contribution in [2.24, 2.45) is 5.92 Å². The molecule has 0 N–H and O–H groups in total. The smallest absolute Gasteiger partial charge is 0.155 e. The van der Waals surface area contributed by atoms with E-state index < -0.39 is 14.6 Å². The lowest BCUT2D eigenvalue weighted by Crippen LogP contribution is -2.30. The molecule has 3 nitrogen and oxygen atoms in total. The van der Waals surface area contributed by atoms with Gasteiger partial charge < -0.3 is 0 Å². The fourth-order valence-corrected chi connectivity index (χ4v) is 5.32. The van der Waals surface area contributed by atoms with E-state index in [1.54, 1.807) is 20.8 Å². The normalized spacial score (nSPS) is 16.1. The number of benzene rings is 1. The van der Waals surface area contributed by atoms with Crippen molar-refractivity contribution in [2.75, 3.05) is 5.75 Å². The third kappa shape index (κ3) is 8.24. The second-order valence-corrected chi connectivity index (χ2v) is 12.6. The maximum absolute atomic E-state index is 12.5. The zero-order valence-electron chi connectivity index (χ0n) is 18.7. The Bertz CT molecular complexity index is 738. The van der Waals surface area contributed by atoms with Gasteiger partial charge in [0, 0.05) is 12.3 Å². The van der Waals surface area contributed by atoms with Crippen LogP contribution in [0.2, 0.25) is 0 Å². The van der Waals surface area contributed by atoms with Crippen LogP contribution in [0.25, 0.3) is 0 Å². The maximum Gasteiger partial charge on any atom is 0.155 e. The Kier molecular flexibility index (Phi) is 9.39. The van der Waals surface area contributed by atoms with Gasteiger partial charge in [-0.2, -0.15) is 0 Å². The quantitative estimate of drug-likeness (QED) is 0.407. The van der Waals surface area contributed by atoms with Gasteiger partial charge in [0.15, 0.2) is 9.84 Å². The molecular formula is C25H40O3S. The van der Waals surface area contributed by atoms with Crippen molar-refractivity contribution in [3.63, 3.8) is 0 Å². The molecule has 29 heavy (non-hydrogen) atoms. The van der Waals surface area contributed by atoms with Crippen molar-refractivity contribution in [3.05, 3.63) is 35.4 Å². The summed E-state index contributed by atoms with van der Waals surface area (Å²) in [5.74, 6) is 1.01. The number of carbonyl (C=O) groups excluding carboxylic acids is 1. The van der Waals surface area contributed by atoms with Crippen molar-refractivity contribution in [1.29, 1.82) is 0 Å². The van der Waals surface area contributed by atoms with E-state index in [1.807, 2.05) is 0 Å². The zero-order chi connectivity index (χ0) is 21.3. The van der Waals surface area contributed by atoms with Gasteiger partial charge >= 0.3 is 0 Å². The van der Waals surface area contributed by atoms with E-state index in [-0.39, 0.29) is 5.92 Å². The van der Waals surface area contributed by atoms with Crippen LogP contribution in [0, 0.1) is 5.92 Å². The molecule has 1 aromatic rings. The fraction of sp³-hybridized carbons (Fsp3) is 0.720. The Morgan fingerprint density at radius 1 is 0.931 bits per heavy atom. The van der Waals surface area contributed by atoms with Gasteiger partial charge in [0.2, 0.25) is 0 Å². The van der Waals surface area contributed by atoms with Crippen LogP contribution < -0.4 is 0 Å². The molecule has 0 radical (unpaired) electrons. The summed E-state index contributed by atoms with van der Waals surface area (Å²) < 4.78 is 23.6. The van der Waals surface area contributed by atoms with Crippen molar-refractivity contribution in [3.8, 4) is 0 Å². The average Bonchev–Trinajstić information content (AvgIpc) is 2.67. The van der Waals surface area contributed by atoms with Crippen molar-refractivity contribution in [1.82, 2.24) is 0 Å². The van der Waals surface area contributed by atoms with Crippen LogP contribution in [0.4, 0.5) is 0 Å². The first-order valence-corrected chi connectivity index (χ1v) is 13.2. The highest BCUT2D eigenvalue weighted by Crippen LogP contribution is 2.25.